The molecular formula is C22H35P. The molecule has 128 valence electrons. The van der Waals surface area contributed by atoms with Gasteiger partial charge in [-0.15, -0.1) is 9.24 Å². The highest BCUT2D eigenvalue weighted by molar-refractivity contribution is 7.16. The Morgan fingerprint density at radius 3 is 1.04 bits per heavy atom. The fourth-order valence-electron chi connectivity index (χ4n) is 10.4. The predicted octanol–water partition coefficient (Wildman–Crippen LogP) is 5.91. The van der Waals surface area contributed by atoms with E-state index in [-0.39, 0.29) is 0 Å². The topological polar surface area (TPSA) is 0 Å². The van der Waals surface area contributed by atoms with Gasteiger partial charge < -0.3 is 0 Å². The van der Waals surface area contributed by atoms with Crippen molar-refractivity contribution in [2.24, 2.45) is 52.3 Å². The third-order valence-corrected chi connectivity index (χ3v) is 10.4. The van der Waals surface area contributed by atoms with Gasteiger partial charge in [0.15, 0.2) is 0 Å². The van der Waals surface area contributed by atoms with E-state index in [4.69, 9.17) is 0 Å². The van der Waals surface area contributed by atoms with Crippen LogP contribution in [0, 0.1) is 52.3 Å². The zero-order valence-electron chi connectivity index (χ0n) is 14.8. The van der Waals surface area contributed by atoms with E-state index in [1.807, 2.05) is 0 Å². The molecule has 0 amide bonds. The van der Waals surface area contributed by atoms with Crippen molar-refractivity contribution < 1.29 is 0 Å². The fraction of sp³-hybridized carbons (Fsp3) is 1.00. The molecule has 8 saturated carbocycles. The Kier molecular flexibility index (Phi) is 3.03. The first-order valence-corrected chi connectivity index (χ1v) is 11.7. The summed E-state index contributed by atoms with van der Waals surface area (Å²) in [6.07, 6.45) is 20.9. The average molecular weight is 330 g/mol. The molecule has 8 bridgehead atoms. The molecule has 0 aliphatic heterocycles. The van der Waals surface area contributed by atoms with Crippen molar-refractivity contribution in [2.75, 3.05) is 6.16 Å². The highest BCUT2D eigenvalue weighted by Gasteiger charge is 2.62. The molecule has 0 radical (unpaired) electrons. The Labute approximate surface area is 145 Å². The zero-order valence-corrected chi connectivity index (χ0v) is 16.0. The zero-order chi connectivity index (χ0) is 15.2. The summed E-state index contributed by atoms with van der Waals surface area (Å²) in [4.78, 5) is 0. The Bertz CT molecular complexity index is 392. The summed E-state index contributed by atoms with van der Waals surface area (Å²) in [5.41, 5.74) is 1.59. The highest BCUT2D eigenvalue weighted by Crippen LogP contribution is 2.71. The van der Waals surface area contributed by atoms with Crippen molar-refractivity contribution >= 4 is 9.24 Å². The summed E-state index contributed by atoms with van der Waals surface area (Å²) in [5.74, 6) is 7.87. The molecule has 0 spiro atoms. The van der Waals surface area contributed by atoms with Gasteiger partial charge in [0.2, 0.25) is 0 Å². The molecule has 0 aromatic heterocycles. The lowest BCUT2D eigenvalue weighted by Crippen LogP contribution is -2.58. The minimum atomic E-state index is 0.794. The van der Waals surface area contributed by atoms with Crippen molar-refractivity contribution in [3.63, 3.8) is 0 Å². The standard InChI is InChI=1S/C22H35P/c23-13-20(21-7-14-1-15(8-21)3-16(2-14)9-21)22-10-17-4-18(11-22)6-19(5-17)12-22/h14-20H,1-13,23H2. The summed E-state index contributed by atoms with van der Waals surface area (Å²) in [6, 6.07) is 0. The van der Waals surface area contributed by atoms with E-state index >= 15 is 0 Å². The van der Waals surface area contributed by atoms with E-state index in [9.17, 15) is 0 Å². The molecule has 0 heterocycles. The Balaban J connectivity index is 1.38. The van der Waals surface area contributed by atoms with Crippen LogP contribution in [0.2, 0.25) is 0 Å². The maximum absolute atomic E-state index is 3.26. The average Bonchev–Trinajstić information content (AvgIpc) is 2.43. The van der Waals surface area contributed by atoms with Crippen LogP contribution in [0.15, 0.2) is 0 Å². The summed E-state index contributed by atoms with van der Waals surface area (Å²) < 4.78 is 0. The third kappa shape index (κ3) is 2.00. The lowest BCUT2D eigenvalue weighted by Gasteiger charge is -2.67. The molecule has 0 nitrogen and oxygen atoms in total. The van der Waals surface area contributed by atoms with Crippen molar-refractivity contribution in [2.45, 2.75) is 77.0 Å². The quantitative estimate of drug-likeness (QED) is 0.564. The lowest BCUT2D eigenvalue weighted by molar-refractivity contribution is -0.164. The Morgan fingerprint density at radius 1 is 0.565 bits per heavy atom. The monoisotopic (exact) mass is 330 g/mol. The molecule has 8 rings (SSSR count). The SMILES string of the molecule is PCC(C12CC3CC(CC(C3)C1)C2)C12CC3CC(CC(C3)C1)C2. The molecule has 0 aromatic rings. The van der Waals surface area contributed by atoms with Crippen LogP contribution in [0.3, 0.4) is 0 Å². The first-order valence-electron chi connectivity index (χ1n) is 10.9. The van der Waals surface area contributed by atoms with Gasteiger partial charge in [-0.25, -0.2) is 0 Å². The molecule has 8 fully saturated rings. The van der Waals surface area contributed by atoms with Gasteiger partial charge >= 0.3 is 0 Å². The molecule has 1 atom stereocenters. The van der Waals surface area contributed by atoms with Gasteiger partial charge in [-0.2, -0.15) is 0 Å². The second-order valence-electron chi connectivity index (χ2n) is 11.3. The van der Waals surface area contributed by atoms with Gasteiger partial charge in [-0.3, -0.25) is 0 Å². The van der Waals surface area contributed by atoms with Crippen LogP contribution < -0.4 is 0 Å². The van der Waals surface area contributed by atoms with E-state index in [2.05, 4.69) is 9.24 Å². The maximum Gasteiger partial charge on any atom is -0.0253 e. The molecule has 0 N–H and O–H groups in total. The number of hydrogen-bond donors (Lipinski definition) is 0. The molecule has 1 heteroatoms. The molecule has 8 aliphatic carbocycles. The minimum Gasteiger partial charge on any atom is -0.137 e. The van der Waals surface area contributed by atoms with Gasteiger partial charge in [0.1, 0.15) is 0 Å². The van der Waals surface area contributed by atoms with Crippen LogP contribution >= 0.6 is 9.24 Å². The summed E-state index contributed by atoms with van der Waals surface area (Å²) in [6.45, 7) is 0. The Hall–Kier alpha value is 0.430. The second kappa shape index (κ2) is 4.78. The summed E-state index contributed by atoms with van der Waals surface area (Å²) in [5, 5.41) is 0. The van der Waals surface area contributed by atoms with Gasteiger partial charge in [0.05, 0.1) is 0 Å². The van der Waals surface area contributed by atoms with Crippen LogP contribution in [0.1, 0.15) is 77.0 Å². The smallest absolute Gasteiger partial charge is 0.0253 e. The van der Waals surface area contributed by atoms with Gasteiger partial charge in [0, 0.05) is 0 Å². The lowest BCUT2D eigenvalue weighted by atomic mass is 9.38. The molecular weight excluding hydrogens is 295 g/mol. The summed E-state index contributed by atoms with van der Waals surface area (Å²) >= 11 is 0. The largest absolute Gasteiger partial charge is 0.137 e. The van der Waals surface area contributed by atoms with E-state index in [0.29, 0.717) is 0 Å². The Morgan fingerprint density at radius 2 is 0.826 bits per heavy atom. The van der Waals surface area contributed by atoms with Crippen LogP contribution in [0.25, 0.3) is 0 Å². The van der Waals surface area contributed by atoms with Crippen molar-refractivity contribution in [1.29, 1.82) is 0 Å². The third-order valence-electron chi connectivity index (χ3n) is 9.89. The van der Waals surface area contributed by atoms with Crippen molar-refractivity contribution in [1.82, 2.24) is 0 Å². The first-order chi connectivity index (χ1) is 11.2. The number of hydrogen-bond acceptors (Lipinski definition) is 0. The van der Waals surface area contributed by atoms with Crippen LogP contribution in [-0.2, 0) is 0 Å². The van der Waals surface area contributed by atoms with E-state index in [0.717, 1.165) is 52.3 Å². The molecule has 1 unspecified atom stereocenters. The van der Waals surface area contributed by atoms with E-state index in [1.54, 1.807) is 77.0 Å². The van der Waals surface area contributed by atoms with Crippen molar-refractivity contribution in [3.05, 3.63) is 0 Å². The normalized spacial score (nSPS) is 60.4. The van der Waals surface area contributed by atoms with Gasteiger partial charge in [-0.05, 0) is 135 Å². The van der Waals surface area contributed by atoms with Crippen molar-refractivity contribution in [3.8, 4) is 0 Å². The van der Waals surface area contributed by atoms with E-state index in [1.165, 1.54) is 6.16 Å². The second-order valence-corrected chi connectivity index (χ2v) is 11.8. The fourth-order valence-corrected chi connectivity index (χ4v) is 11.4. The van der Waals surface area contributed by atoms with Gasteiger partial charge in [-0.1, -0.05) is 0 Å². The molecule has 0 aromatic carbocycles. The van der Waals surface area contributed by atoms with E-state index < -0.39 is 0 Å². The first kappa shape index (κ1) is 14.6. The molecule has 23 heavy (non-hydrogen) atoms. The van der Waals surface area contributed by atoms with Crippen LogP contribution in [0.5, 0.6) is 0 Å². The summed E-state index contributed by atoms with van der Waals surface area (Å²) in [7, 11) is 3.26. The molecule has 0 saturated heterocycles. The van der Waals surface area contributed by atoms with Crippen LogP contribution in [-0.4, -0.2) is 6.16 Å². The van der Waals surface area contributed by atoms with Crippen LogP contribution in [0.4, 0.5) is 0 Å². The highest BCUT2D eigenvalue weighted by atomic mass is 31.0. The number of rotatable bonds is 3. The maximum atomic E-state index is 3.26. The minimum absolute atomic E-state index is 0.794. The molecule has 8 aliphatic rings. The predicted molar refractivity (Wildman–Crippen MR) is 99.3 cm³/mol. The van der Waals surface area contributed by atoms with Gasteiger partial charge in [0.25, 0.3) is 0 Å².